The maximum atomic E-state index is 14.4. The molecule has 3 aromatic carbocycles. The van der Waals surface area contributed by atoms with Gasteiger partial charge in [-0.3, -0.25) is 9.69 Å². The van der Waals surface area contributed by atoms with Gasteiger partial charge in [0.05, 0.1) is 12.2 Å². The number of hydrogen-bond acceptors (Lipinski definition) is 4. The van der Waals surface area contributed by atoms with E-state index in [4.69, 9.17) is 4.74 Å². The number of anilines is 1. The summed E-state index contributed by atoms with van der Waals surface area (Å²) >= 11 is 0. The SMILES string of the molecule is CN(CCC1CCN(CC(=O)N2CCCC(c3ccc(F)cc3)c3ccc(F)cc32)CC1)C(=O)OCc1ccccc1. The van der Waals surface area contributed by atoms with Crippen LogP contribution in [0.15, 0.2) is 72.8 Å². The van der Waals surface area contributed by atoms with Crippen molar-refractivity contribution in [2.24, 2.45) is 5.92 Å². The van der Waals surface area contributed by atoms with Gasteiger partial charge in [-0.2, -0.15) is 0 Å². The van der Waals surface area contributed by atoms with E-state index in [1.54, 1.807) is 35.0 Å². The summed E-state index contributed by atoms with van der Waals surface area (Å²) in [4.78, 5) is 31.5. The lowest BCUT2D eigenvalue weighted by Gasteiger charge is -2.34. The Labute approximate surface area is 246 Å². The number of carbonyl (C=O) groups is 2. The van der Waals surface area contributed by atoms with Crippen molar-refractivity contribution in [3.63, 3.8) is 0 Å². The Morgan fingerprint density at radius 3 is 2.36 bits per heavy atom. The van der Waals surface area contributed by atoms with Gasteiger partial charge in [0.1, 0.15) is 18.2 Å². The third kappa shape index (κ3) is 7.53. The third-order valence-corrected chi connectivity index (χ3v) is 8.56. The monoisotopic (exact) mass is 575 g/mol. The summed E-state index contributed by atoms with van der Waals surface area (Å²) in [6.07, 6.45) is 4.05. The van der Waals surface area contributed by atoms with Gasteiger partial charge >= 0.3 is 6.09 Å². The average molecular weight is 576 g/mol. The van der Waals surface area contributed by atoms with Gasteiger partial charge in [-0.05, 0) is 92.1 Å². The normalized spacial score (nSPS) is 17.8. The molecule has 0 saturated carbocycles. The van der Waals surface area contributed by atoms with Crippen molar-refractivity contribution in [1.82, 2.24) is 9.80 Å². The molecule has 1 fully saturated rings. The highest BCUT2D eigenvalue weighted by Crippen LogP contribution is 2.39. The fourth-order valence-electron chi connectivity index (χ4n) is 6.08. The number of benzene rings is 3. The largest absolute Gasteiger partial charge is 0.445 e. The molecule has 0 spiro atoms. The summed E-state index contributed by atoms with van der Waals surface area (Å²) in [5.41, 5.74) is 3.45. The zero-order valence-electron chi connectivity index (χ0n) is 24.2. The molecule has 1 unspecified atom stereocenters. The predicted octanol–water partition coefficient (Wildman–Crippen LogP) is 6.59. The lowest BCUT2D eigenvalue weighted by atomic mass is 9.87. The molecule has 2 heterocycles. The zero-order valence-corrected chi connectivity index (χ0v) is 24.2. The molecule has 1 atom stereocenters. The maximum Gasteiger partial charge on any atom is 0.409 e. The first-order valence-electron chi connectivity index (χ1n) is 14.9. The van der Waals surface area contributed by atoms with E-state index in [0.29, 0.717) is 24.7 Å². The van der Waals surface area contributed by atoms with Crippen molar-refractivity contribution in [2.75, 3.05) is 44.7 Å². The Kier molecular flexibility index (Phi) is 9.85. The van der Waals surface area contributed by atoms with E-state index in [9.17, 15) is 18.4 Å². The van der Waals surface area contributed by atoms with Gasteiger partial charge in [-0.1, -0.05) is 48.5 Å². The molecule has 0 aliphatic carbocycles. The van der Waals surface area contributed by atoms with Gasteiger partial charge in [-0.15, -0.1) is 0 Å². The molecule has 6 nitrogen and oxygen atoms in total. The van der Waals surface area contributed by atoms with Crippen LogP contribution in [-0.4, -0.2) is 61.6 Å². The first-order chi connectivity index (χ1) is 20.4. The fourth-order valence-corrected chi connectivity index (χ4v) is 6.08. The number of piperidine rings is 1. The van der Waals surface area contributed by atoms with Crippen molar-refractivity contribution >= 4 is 17.7 Å². The van der Waals surface area contributed by atoms with Crippen molar-refractivity contribution in [3.05, 3.63) is 101 Å². The Bertz CT molecular complexity index is 1340. The van der Waals surface area contributed by atoms with E-state index in [2.05, 4.69) is 4.90 Å². The fraction of sp³-hybridized carbons (Fsp3) is 0.412. The summed E-state index contributed by atoms with van der Waals surface area (Å²) in [7, 11) is 1.77. The minimum Gasteiger partial charge on any atom is -0.445 e. The Morgan fingerprint density at radius 1 is 0.905 bits per heavy atom. The molecule has 1 saturated heterocycles. The quantitative estimate of drug-likeness (QED) is 0.304. The van der Waals surface area contributed by atoms with Gasteiger partial charge in [0.15, 0.2) is 0 Å². The average Bonchev–Trinajstić information content (AvgIpc) is 3.19. The highest BCUT2D eigenvalue weighted by atomic mass is 19.1. The number of carbonyl (C=O) groups excluding carboxylic acids is 2. The standard InChI is InChI=1S/C34H39F2N3O3/c1-37(34(41)42-24-26-6-3-2-4-7-26)19-15-25-16-20-38(21-17-25)23-33(40)39-18-5-8-30(27-9-11-28(35)12-10-27)31-14-13-29(36)22-32(31)39/h2-4,6-7,9-14,22,25,30H,5,8,15-21,23-24H2,1H3. The van der Waals surface area contributed by atoms with E-state index in [-0.39, 0.29) is 42.7 Å². The number of likely N-dealkylation sites (tertiary alicyclic amines) is 1. The topological polar surface area (TPSA) is 53.1 Å². The lowest BCUT2D eigenvalue weighted by Crippen LogP contribution is -2.44. The molecular formula is C34H39F2N3O3. The van der Waals surface area contributed by atoms with Gasteiger partial charge in [0.25, 0.3) is 0 Å². The van der Waals surface area contributed by atoms with E-state index >= 15 is 0 Å². The first kappa shape index (κ1) is 29.7. The predicted molar refractivity (Wildman–Crippen MR) is 159 cm³/mol. The third-order valence-electron chi connectivity index (χ3n) is 8.56. The minimum absolute atomic E-state index is 0.0245. The Balaban J connectivity index is 1.12. The molecule has 3 aromatic rings. The Morgan fingerprint density at radius 2 is 1.62 bits per heavy atom. The second-order valence-corrected chi connectivity index (χ2v) is 11.5. The van der Waals surface area contributed by atoms with Crippen molar-refractivity contribution in [1.29, 1.82) is 0 Å². The number of amides is 2. The lowest BCUT2D eigenvalue weighted by molar-refractivity contribution is -0.120. The van der Waals surface area contributed by atoms with Crippen LogP contribution in [0.2, 0.25) is 0 Å². The van der Waals surface area contributed by atoms with Crippen molar-refractivity contribution in [3.8, 4) is 0 Å². The molecule has 0 N–H and O–H groups in total. The van der Waals surface area contributed by atoms with E-state index < -0.39 is 0 Å². The molecule has 2 amide bonds. The van der Waals surface area contributed by atoms with Crippen molar-refractivity contribution in [2.45, 2.75) is 44.6 Å². The van der Waals surface area contributed by atoms with Gasteiger partial charge in [-0.25, -0.2) is 13.6 Å². The molecule has 5 rings (SSSR count). The minimum atomic E-state index is -0.374. The summed E-state index contributed by atoms with van der Waals surface area (Å²) < 4.78 is 33.4. The van der Waals surface area contributed by atoms with E-state index in [1.165, 1.54) is 24.3 Å². The highest BCUT2D eigenvalue weighted by molar-refractivity contribution is 5.96. The number of nitrogens with zero attached hydrogens (tertiary/aromatic N) is 3. The Hall–Kier alpha value is -3.78. The van der Waals surface area contributed by atoms with Gasteiger partial charge < -0.3 is 14.5 Å². The van der Waals surface area contributed by atoms with Crippen LogP contribution in [0.1, 0.15) is 54.7 Å². The summed E-state index contributed by atoms with van der Waals surface area (Å²) in [5.74, 6) is -0.240. The summed E-state index contributed by atoms with van der Waals surface area (Å²) in [5, 5.41) is 0. The van der Waals surface area contributed by atoms with E-state index in [0.717, 1.165) is 61.9 Å². The van der Waals surface area contributed by atoms with Crippen LogP contribution in [-0.2, 0) is 16.1 Å². The van der Waals surface area contributed by atoms with Gasteiger partial charge in [0, 0.05) is 26.1 Å². The zero-order chi connectivity index (χ0) is 29.5. The summed E-state index contributed by atoms with van der Waals surface area (Å²) in [6.45, 7) is 3.31. The molecule has 0 radical (unpaired) electrons. The molecule has 2 aliphatic rings. The summed E-state index contributed by atoms with van der Waals surface area (Å²) in [6, 6.07) is 20.8. The van der Waals surface area contributed by atoms with Crippen LogP contribution < -0.4 is 4.90 Å². The number of rotatable bonds is 8. The molecular weight excluding hydrogens is 536 g/mol. The number of halogens is 2. The van der Waals surface area contributed by atoms with Crippen LogP contribution in [0.4, 0.5) is 19.3 Å². The maximum absolute atomic E-state index is 14.4. The molecule has 0 bridgehead atoms. The number of fused-ring (bicyclic) bond motifs is 1. The highest BCUT2D eigenvalue weighted by Gasteiger charge is 2.30. The van der Waals surface area contributed by atoms with E-state index in [1.807, 2.05) is 30.3 Å². The second kappa shape index (κ2) is 13.9. The van der Waals surface area contributed by atoms with Crippen molar-refractivity contribution < 1.29 is 23.1 Å². The van der Waals surface area contributed by atoms with Gasteiger partial charge in [0.2, 0.25) is 5.91 Å². The number of hydrogen-bond donors (Lipinski definition) is 0. The molecule has 2 aliphatic heterocycles. The first-order valence-corrected chi connectivity index (χ1v) is 14.9. The van der Waals surface area contributed by atoms with Crippen LogP contribution in [0.3, 0.4) is 0 Å². The van der Waals surface area contributed by atoms with Crippen LogP contribution in [0.25, 0.3) is 0 Å². The number of ether oxygens (including phenoxy) is 1. The molecule has 222 valence electrons. The van der Waals surface area contributed by atoms with Crippen LogP contribution in [0, 0.1) is 17.6 Å². The van der Waals surface area contributed by atoms with Crippen LogP contribution >= 0.6 is 0 Å². The molecule has 8 heteroatoms. The second-order valence-electron chi connectivity index (χ2n) is 11.5. The smallest absolute Gasteiger partial charge is 0.409 e. The molecule has 42 heavy (non-hydrogen) atoms. The van der Waals surface area contributed by atoms with Crippen LogP contribution in [0.5, 0.6) is 0 Å². The molecule has 0 aromatic heterocycles.